The van der Waals surface area contributed by atoms with Gasteiger partial charge in [0.05, 0.1) is 22.6 Å². The van der Waals surface area contributed by atoms with Crippen LogP contribution in [0.2, 0.25) is 0 Å². The molecule has 0 saturated heterocycles. The van der Waals surface area contributed by atoms with E-state index in [0.29, 0.717) is 46.5 Å². The standard InChI is InChI=1S/C25H24F2N4O/c1-4-16-12-17(31-15(3)19-13-20(26)21(27)14-23(19)29-31)10-11-18(16)25(32)30(5-2)24-9-7-6-8-22(24)28/h6-14H,4-5,28H2,1-3H3. The number of hydrogen-bond acceptors (Lipinski definition) is 3. The third-order valence-electron chi connectivity index (χ3n) is 5.69. The highest BCUT2D eigenvalue weighted by Crippen LogP contribution is 2.28. The van der Waals surface area contributed by atoms with Crippen molar-refractivity contribution in [3.05, 3.63) is 83.1 Å². The van der Waals surface area contributed by atoms with E-state index in [1.807, 2.05) is 38.1 Å². The van der Waals surface area contributed by atoms with Crippen LogP contribution < -0.4 is 10.6 Å². The van der Waals surface area contributed by atoms with E-state index in [2.05, 4.69) is 5.10 Å². The summed E-state index contributed by atoms with van der Waals surface area (Å²) >= 11 is 0. The molecule has 0 spiro atoms. The van der Waals surface area contributed by atoms with E-state index in [1.54, 1.807) is 34.7 Å². The summed E-state index contributed by atoms with van der Waals surface area (Å²) in [6.45, 7) is 6.15. The van der Waals surface area contributed by atoms with Crippen LogP contribution in [-0.2, 0) is 6.42 Å². The Kier molecular flexibility index (Phi) is 5.65. The molecule has 2 N–H and O–H groups in total. The van der Waals surface area contributed by atoms with Gasteiger partial charge in [-0.25, -0.2) is 13.5 Å². The first kappa shape index (κ1) is 21.5. The summed E-state index contributed by atoms with van der Waals surface area (Å²) in [7, 11) is 0. The molecule has 0 unspecified atom stereocenters. The maximum absolute atomic E-state index is 13.7. The van der Waals surface area contributed by atoms with Gasteiger partial charge in [-0.15, -0.1) is 0 Å². The number of carbonyl (C=O) groups is 1. The Bertz CT molecular complexity index is 1330. The molecule has 164 valence electrons. The third-order valence-corrected chi connectivity index (χ3v) is 5.69. The molecule has 0 bridgehead atoms. The maximum Gasteiger partial charge on any atom is 0.258 e. The first-order valence-corrected chi connectivity index (χ1v) is 10.5. The van der Waals surface area contributed by atoms with Crippen LogP contribution in [0.5, 0.6) is 0 Å². The van der Waals surface area contributed by atoms with Crippen molar-refractivity contribution in [2.45, 2.75) is 27.2 Å². The summed E-state index contributed by atoms with van der Waals surface area (Å²) < 4.78 is 29.0. The second kappa shape index (κ2) is 8.42. The molecule has 0 aliphatic carbocycles. The van der Waals surface area contributed by atoms with Gasteiger partial charge in [0.1, 0.15) is 0 Å². The predicted molar refractivity (Wildman–Crippen MR) is 123 cm³/mol. The molecule has 0 fully saturated rings. The molecule has 0 aliphatic rings. The number of benzene rings is 3. The fourth-order valence-corrected chi connectivity index (χ4v) is 3.97. The van der Waals surface area contributed by atoms with Gasteiger partial charge in [0.15, 0.2) is 11.6 Å². The monoisotopic (exact) mass is 434 g/mol. The Hall–Kier alpha value is -3.74. The number of halogens is 2. The Morgan fingerprint density at radius 3 is 2.47 bits per heavy atom. The minimum absolute atomic E-state index is 0.139. The van der Waals surface area contributed by atoms with Crippen LogP contribution in [0, 0.1) is 18.6 Å². The predicted octanol–water partition coefficient (Wildman–Crippen LogP) is 5.42. The zero-order chi connectivity index (χ0) is 23.0. The lowest BCUT2D eigenvalue weighted by atomic mass is 10.0. The molecule has 32 heavy (non-hydrogen) atoms. The lowest BCUT2D eigenvalue weighted by molar-refractivity contribution is 0.0987. The number of anilines is 2. The average molecular weight is 434 g/mol. The molecule has 1 aromatic heterocycles. The van der Waals surface area contributed by atoms with Crippen molar-refractivity contribution in [3.63, 3.8) is 0 Å². The Morgan fingerprint density at radius 1 is 1.06 bits per heavy atom. The van der Waals surface area contributed by atoms with Crippen molar-refractivity contribution in [2.24, 2.45) is 0 Å². The molecule has 0 atom stereocenters. The van der Waals surface area contributed by atoms with Gasteiger partial charge < -0.3 is 10.6 Å². The first-order valence-electron chi connectivity index (χ1n) is 10.5. The maximum atomic E-state index is 13.7. The minimum Gasteiger partial charge on any atom is -0.397 e. The number of nitrogens with two attached hydrogens (primary N) is 1. The van der Waals surface area contributed by atoms with Gasteiger partial charge in [0.2, 0.25) is 0 Å². The van der Waals surface area contributed by atoms with Crippen molar-refractivity contribution in [3.8, 4) is 5.69 Å². The Labute approximate surface area is 185 Å². The van der Waals surface area contributed by atoms with E-state index in [1.165, 1.54) is 0 Å². The van der Waals surface area contributed by atoms with Crippen LogP contribution in [0.3, 0.4) is 0 Å². The highest BCUT2D eigenvalue weighted by Gasteiger charge is 2.21. The second-order valence-electron chi connectivity index (χ2n) is 7.58. The van der Waals surface area contributed by atoms with E-state index in [0.717, 1.165) is 23.4 Å². The third kappa shape index (κ3) is 3.60. The largest absolute Gasteiger partial charge is 0.397 e. The van der Waals surface area contributed by atoms with Crippen molar-refractivity contribution in [1.29, 1.82) is 0 Å². The molecule has 3 aromatic carbocycles. The lowest BCUT2D eigenvalue weighted by Crippen LogP contribution is -2.32. The number of amides is 1. The normalized spacial score (nSPS) is 11.2. The summed E-state index contributed by atoms with van der Waals surface area (Å²) in [6, 6.07) is 15.0. The molecule has 4 rings (SSSR count). The van der Waals surface area contributed by atoms with Gasteiger partial charge >= 0.3 is 0 Å². The molecule has 7 heteroatoms. The number of nitrogen functional groups attached to an aromatic ring is 1. The Morgan fingerprint density at radius 2 is 1.78 bits per heavy atom. The molecule has 0 aliphatic heterocycles. The van der Waals surface area contributed by atoms with E-state index in [4.69, 9.17) is 5.73 Å². The number of rotatable bonds is 5. The zero-order valence-corrected chi connectivity index (χ0v) is 18.2. The summed E-state index contributed by atoms with van der Waals surface area (Å²) in [4.78, 5) is 15.1. The summed E-state index contributed by atoms with van der Waals surface area (Å²) in [5.41, 5.74) is 10.5. The van der Waals surface area contributed by atoms with E-state index in [-0.39, 0.29) is 5.91 Å². The number of carbonyl (C=O) groups excluding carboxylic acids is 1. The molecule has 1 heterocycles. The van der Waals surface area contributed by atoms with Gasteiger partial charge in [-0.3, -0.25) is 4.79 Å². The van der Waals surface area contributed by atoms with Crippen LogP contribution in [0.1, 0.15) is 35.5 Å². The molecule has 1 amide bonds. The fourth-order valence-electron chi connectivity index (χ4n) is 3.97. The van der Waals surface area contributed by atoms with Crippen molar-refractivity contribution < 1.29 is 13.6 Å². The number of hydrogen-bond donors (Lipinski definition) is 1. The molecule has 5 nitrogen and oxygen atoms in total. The second-order valence-corrected chi connectivity index (χ2v) is 7.58. The number of aryl methyl sites for hydroxylation is 2. The Balaban J connectivity index is 1.77. The fraction of sp³-hybridized carbons (Fsp3) is 0.200. The van der Waals surface area contributed by atoms with Gasteiger partial charge in [-0.1, -0.05) is 19.1 Å². The van der Waals surface area contributed by atoms with Gasteiger partial charge in [-0.05, 0) is 62.2 Å². The first-order chi connectivity index (χ1) is 15.3. The SMILES string of the molecule is CCc1cc(-n2nc3cc(F)c(F)cc3c2C)ccc1C(=O)N(CC)c1ccccc1N. The minimum atomic E-state index is -0.933. The van der Waals surface area contributed by atoms with Crippen LogP contribution in [0.4, 0.5) is 20.2 Å². The lowest BCUT2D eigenvalue weighted by Gasteiger charge is -2.24. The number of aromatic nitrogens is 2. The van der Waals surface area contributed by atoms with Crippen molar-refractivity contribution >= 4 is 28.2 Å². The summed E-state index contributed by atoms with van der Waals surface area (Å²) in [5.74, 6) is -1.98. The molecular formula is C25H24F2N4O. The van der Waals surface area contributed by atoms with Crippen LogP contribution in [-0.4, -0.2) is 22.2 Å². The smallest absolute Gasteiger partial charge is 0.258 e. The number of para-hydroxylation sites is 2. The molecular weight excluding hydrogens is 410 g/mol. The highest BCUT2D eigenvalue weighted by molar-refractivity contribution is 6.08. The van der Waals surface area contributed by atoms with Gasteiger partial charge in [0.25, 0.3) is 5.91 Å². The summed E-state index contributed by atoms with van der Waals surface area (Å²) in [5, 5.41) is 4.98. The van der Waals surface area contributed by atoms with Crippen LogP contribution in [0.25, 0.3) is 16.6 Å². The number of nitrogens with zero attached hydrogens (tertiary/aromatic N) is 3. The quantitative estimate of drug-likeness (QED) is 0.427. The van der Waals surface area contributed by atoms with Crippen LogP contribution in [0.15, 0.2) is 54.6 Å². The zero-order valence-electron chi connectivity index (χ0n) is 18.2. The topological polar surface area (TPSA) is 64.2 Å². The van der Waals surface area contributed by atoms with E-state index >= 15 is 0 Å². The molecule has 0 saturated carbocycles. The number of fused-ring (bicyclic) bond motifs is 1. The van der Waals surface area contributed by atoms with E-state index < -0.39 is 11.6 Å². The highest BCUT2D eigenvalue weighted by atomic mass is 19.2. The molecule has 4 aromatic rings. The van der Waals surface area contributed by atoms with E-state index in [9.17, 15) is 13.6 Å². The van der Waals surface area contributed by atoms with Crippen molar-refractivity contribution in [1.82, 2.24) is 9.78 Å². The van der Waals surface area contributed by atoms with Crippen molar-refractivity contribution in [2.75, 3.05) is 17.2 Å². The average Bonchev–Trinajstić information content (AvgIpc) is 3.10. The summed E-state index contributed by atoms with van der Waals surface area (Å²) in [6.07, 6.45) is 0.625. The van der Waals surface area contributed by atoms with Crippen LogP contribution >= 0.6 is 0 Å². The van der Waals surface area contributed by atoms with Gasteiger partial charge in [0, 0.05) is 29.3 Å². The van der Waals surface area contributed by atoms with Gasteiger partial charge in [-0.2, -0.15) is 5.10 Å². The molecule has 0 radical (unpaired) electrons.